The first-order valence-corrected chi connectivity index (χ1v) is 6.84. The largest absolute Gasteiger partial charge is 0.457 e. The van der Waals surface area contributed by atoms with Gasteiger partial charge in [-0.2, -0.15) is 0 Å². The maximum atomic E-state index is 6.08. The number of halogens is 2. The predicted octanol–water partition coefficient (Wildman–Crippen LogP) is 5.20. The van der Waals surface area contributed by atoms with Crippen molar-refractivity contribution in [1.29, 1.82) is 0 Å². The number of hydrogen-bond acceptors (Lipinski definition) is 2. The number of ether oxygens (including phenoxy) is 1. The van der Waals surface area contributed by atoms with Crippen molar-refractivity contribution in [3.63, 3.8) is 0 Å². The maximum Gasteiger partial charge on any atom is 0.132 e. The van der Waals surface area contributed by atoms with Crippen molar-refractivity contribution in [3.05, 3.63) is 58.1 Å². The quantitative estimate of drug-likeness (QED) is 0.842. The van der Waals surface area contributed by atoms with Crippen LogP contribution >= 0.6 is 23.2 Å². The van der Waals surface area contributed by atoms with Gasteiger partial charge in [0.1, 0.15) is 11.5 Å². The lowest BCUT2D eigenvalue weighted by atomic mass is 10.0. The highest BCUT2D eigenvalue weighted by molar-refractivity contribution is 6.34. The van der Waals surface area contributed by atoms with Crippen molar-refractivity contribution in [3.8, 4) is 11.5 Å². The molecule has 0 saturated heterocycles. The summed E-state index contributed by atoms with van der Waals surface area (Å²) >= 11 is 11.9. The molecule has 0 aliphatic rings. The minimum absolute atomic E-state index is 0.0501. The second-order valence-corrected chi connectivity index (χ2v) is 5.13. The first-order valence-electron chi connectivity index (χ1n) is 6.08. The van der Waals surface area contributed by atoms with E-state index in [1.807, 2.05) is 31.2 Å². The van der Waals surface area contributed by atoms with Crippen LogP contribution in [0.15, 0.2) is 42.5 Å². The van der Waals surface area contributed by atoms with Gasteiger partial charge in [-0.1, -0.05) is 48.3 Å². The maximum absolute atomic E-state index is 6.08. The van der Waals surface area contributed by atoms with Crippen LogP contribution in [0.25, 0.3) is 0 Å². The van der Waals surface area contributed by atoms with Crippen molar-refractivity contribution in [2.45, 2.75) is 19.4 Å². The van der Waals surface area contributed by atoms with Crippen LogP contribution in [-0.4, -0.2) is 0 Å². The Morgan fingerprint density at radius 3 is 2.37 bits per heavy atom. The summed E-state index contributed by atoms with van der Waals surface area (Å²) in [6.45, 7) is 2.04. The number of rotatable bonds is 4. The number of hydrogen-bond donors (Lipinski definition) is 1. The van der Waals surface area contributed by atoms with Crippen molar-refractivity contribution >= 4 is 23.2 Å². The lowest BCUT2D eigenvalue weighted by molar-refractivity contribution is 0.469. The van der Waals surface area contributed by atoms with Gasteiger partial charge in [-0.3, -0.25) is 0 Å². The molecule has 4 heteroatoms. The SMILES string of the molecule is CC[C@H](N)c1ccccc1Oc1cc(Cl)cc(Cl)c1. The molecule has 2 aromatic carbocycles. The van der Waals surface area contributed by atoms with Crippen LogP contribution in [0.4, 0.5) is 0 Å². The number of para-hydroxylation sites is 1. The molecular weight excluding hydrogens is 281 g/mol. The van der Waals surface area contributed by atoms with Crippen molar-refractivity contribution < 1.29 is 4.74 Å². The smallest absolute Gasteiger partial charge is 0.132 e. The van der Waals surface area contributed by atoms with Gasteiger partial charge in [-0.25, -0.2) is 0 Å². The van der Waals surface area contributed by atoms with E-state index in [0.717, 1.165) is 17.7 Å². The van der Waals surface area contributed by atoms with E-state index in [4.69, 9.17) is 33.7 Å². The van der Waals surface area contributed by atoms with Crippen LogP contribution < -0.4 is 10.5 Å². The summed E-state index contributed by atoms with van der Waals surface area (Å²) < 4.78 is 5.85. The van der Waals surface area contributed by atoms with E-state index in [9.17, 15) is 0 Å². The van der Waals surface area contributed by atoms with Gasteiger partial charge in [0.15, 0.2) is 0 Å². The lowest BCUT2D eigenvalue weighted by Gasteiger charge is -2.15. The van der Waals surface area contributed by atoms with Gasteiger partial charge >= 0.3 is 0 Å². The lowest BCUT2D eigenvalue weighted by Crippen LogP contribution is -2.09. The van der Waals surface area contributed by atoms with Gasteiger partial charge in [0.05, 0.1) is 0 Å². The van der Waals surface area contributed by atoms with Crippen LogP contribution in [0.2, 0.25) is 10.0 Å². The Kier molecular flexibility index (Phi) is 4.70. The Morgan fingerprint density at radius 2 is 1.74 bits per heavy atom. The first-order chi connectivity index (χ1) is 9.10. The summed E-state index contributed by atoms with van der Waals surface area (Å²) in [4.78, 5) is 0. The van der Waals surface area contributed by atoms with Gasteiger partial charge in [-0.05, 0) is 30.7 Å². The summed E-state index contributed by atoms with van der Waals surface area (Å²) in [6, 6.07) is 12.8. The van der Waals surface area contributed by atoms with E-state index in [1.165, 1.54) is 0 Å². The van der Waals surface area contributed by atoms with Crippen molar-refractivity contribution in [2.75, 3.05) is 0 Å². The minimum Gasteiger partial charge on any atom is -0.457 e. The molecule has 0 aliphatic heterocycles. The molecular formula is C15H15Cl2NO. The van der Waals surface area contributed by atoms with Gasteiger partial charge in [0.2, 0.25) is 0 Å². The Morgan fingerprint density at radius 1 is 1.11 bits per heavy atom. The van der Waals surface area contributed by atoms with Crippen LogP contribution in [0, 0.1) is 0 Å². The van der Waals surface area contributed by atoms with E-state index in [0.29, 0.717) is 15.8 Å². The highest BCUT2D eigenvalue weighted by Crippen LogP contribution is 2.32. The van der Waals surface area contributed by atoms with E-state index in [-0.39, 0.29) is 6.04 Å². The van der Waals surface area contributed by atoms with E-state index < -0.39 is 0 Å². The second kappa shape index (κ2) is 6.29. The van der Waals surface area contributed by atoms with Crippen LogP contribution in [-0.2, 0) is 0 Å². The fourth-order valence-electron chi connectivity index (χ4n) is 1.81. The fraction of sp³-hybridized carbons (Fsp3) is 0.200. The Hall–Kier alpha value is -1.22. The molecule has 0 unspecified atom stereocenters. The summed E-state index contributed by atoms with van der Waals surface area (Å²) in [5.41, 5.74) is 7.05. The van der Waals surface area contributed by atoms with Crippen LogP contribution in [0.1, 0.15) is 24.9 Å². The molecule has 0 aliphatic carbocycles. The first kappa shape index (κ1) is 14.2. The molecule has 100 valence electrons. The minimum atomic E-state index is -0.0501. The zero-order valence-electron chi connectivity index (χ0n) is 10.6. The summed E-state index contributed by atoms with van der Waals surface area (Å²) in [5, 5.41) is 1.08. The summed E-state index contributed by atoms with van der Waals surface area (Å²) in [5.74, 6) is 1.34. The third kappa shape index (κ3) is 3.63. The molecule has 0 bridgehead atoms. The van der Waals surface area contributed by atoms with E-state index >= 15 is 0 Å². The molecule has 2 N–H and O–H groups in total. The second-order valence-electron chi connectivity index (χ2n) is 4.26. The van der Waals surface area contributed by atoms with Crippen LogP contribution in [0.3, 0.4) is 0 Å². The average Bonchev–Trinajstić information content (AvgIpc) is 2.37. The molecule has 2 nitrogen and oxygen atoms in total. The van der Waals surface area contributed by atoms with Crippen LogP contribution in [0.5, 0.6) is 11.5 Å². The number of nitrogens with two attached hydrogens (primary N) is 1. The number of benzene rings is 2. The highest BCUT2D eigenvalue weighted by atomic mass is 35.5. The Bertz CT molecular complexity index is 552. The third-order valence-corrected chi connectivity index (χ3v) is 3.26. The van der Waals surface area contributed by atoms with Gasteiger partial charge in [0, 0.05) is 21.7 Å². The molecule has 0 aromatic heterocycles. The standard InChI is InChI=1S/C15H15Cl2NO/c1-2-14(18)13-5-3-4-6-15(13)19-12-8-10(16)7-11(17)9-12/h3-9,14H,2,18H2,1H3/t14-/m0/s1. The van der Waals surface area contributed by atoms with Gasteiger partial charge in [0.25, 0.3) is 0 Å². The third-order valence-electron chi connectivity index (χ3n) is 2.82. The molecule has 0 saturated carbocycles. The molecule has 0 radical (unpaired) electrons. The molecule has 19 heavy (non-hydrogen) atoms. The van der Waals surface area contributed by atoms with Crippen molar-refractivity contribution in [1.82, 2.24) is 0 Å². The molecule has 0 heterocycles. The predicted molar refractivity (Wildman–Crippen MR) is 80.2 cm³/mol. The molecule has 0 spiro atoms. The zero-order chi connectivity index (χ0) is 13.8. The fourth-order valence-corrected chi connectivity index (χ4v) is 2.32. The Balaban J connectivity index is 2.32. The normalized spacial score (nSPS) is 12.2. The summed E-state index contributed by atoms with van der Waals surface area (Å²) in [6.07, 6.45) is 0.844. The molecule has 1 atom stereocenters. The average molecular weight is 296 g/mol. The topological polar surface area (TPSA) is 35.2 Å². The molecule has 0 amide bonds. The van der Waals surface area contributed by atoms with Gasteiger partial charge < -0.3 is 10.5 Å². The molecule has 2 aromatic rings. The highest BCUT2D eigenvalue weighted by Gasteiger charge is 2.11. The van der Waals surface area contributed by atoms with E-state index in [1.54, 1.807) is 18.2 Å². The van der Waals surface area contributed by atoms with Gasteiger partial charge in [-0.15, -0.1) is 0 Å². The van der Waals surface area contributed by atoms with E-state index in [2.05, 4.69) is 0 Å². The monoisotopic (exact) mass is 295 g/mol. The van der Waals surface area contributed by atoms with Crippen molar-refractivity contribution in [2.24, 2.45) is 5.73 Å². The molecule has 2 rings (SSSR count). The summed E-state index contributed by atoms with van der Waals surface area (Å²) in [7, 11) is 0. The molecule has 0 fully saturated rings. The zero-order valence-corrected chi connectivity index (χ0v) is 12.1. The Labute approximate surface area is 123 Å².